The van der Waals surface area contributed by atoms with Crippen molar-refractivity contribution in [2.45, 2.75) is 32.1 Å². The zero-order valence-corrected chi connectivity index (χ0v) is 15.6. The number of aliphatic imine (C=N–C) groups is 1. The molecule has 1 fully saturated rings. The Morgan fingerprint density at radius 1 is 1.54 bits per heavy atom. The molecule has 0 amide bonds. The van der Waals surface area contributed by atoms with Crippen molar-refractivity contribution in [3.05, 3.63) is 40.3 Å². The Morgan fingerprint density at radius 2 is 2.42 bits per heavy atom. The van der Waals surface area contributed by atoms with Gasteiger partial charge in [0, 0.05) is 49.6 Å². The first-order valence-corrected chi connectivity index (χ1v) is 9.60. The summed E-state index contributed by atoms with van der Waals surface area (Å²) in [7, 11) is 1.98. The van der Waals surface area contributed by atoms with Crippen LogP contribution in [0.25, 0.3) is 0 Å². The lowest BCUT2D eigenvalue weighted by Crippen LogP contribution is -2.40. The molecular weight excluding hydrogens is 318 g/mol. The van der Waals surface area contributed by atoms with Crippen LogP contribution in [0.3, 0.4) is 0 Å². The van der Waals surface area contributed by atoms with E-state index in [0.29, 0.717) is 11.8 Å². The van der Waals surface area contributed by atoms with Crippen molar-refractivity contribution < 1.29 is 0 Å². The first-order valence-electron chi connectivity index (χ1n) is 8.72. The predicted molar refractivity (Wildman–Crippen MR) is 101 cm³/mol. The highest BCUT2D eigenvalue weighted by atomic mass is 32.1. The van der Waals surface area contributed by atoms with Crippen molar-refractivity contribution in [2.75, 3.05) is 26.2 Å². The summed E-state index contributed by atoms with van der Waals surface area (Å²) in [6.45, 7) is 8.19. The van der Waals surface area contributed by atoms with Gasteiger partial charge in [-0.25, -0.2) is 0 Å². The fraction of sp³-hybridized carbons (Fsp3) is 0.556. The summed E-state index contributed by atoms with van der Waals surface area (Å²) in [6.07, 6.45) is 5.30. The number of nitrogens with zero attached hydrogens (tertiary/aromatic N) is 4. The van der Waals surface area contributed by atoms with Crippen LogP contribution >= 0.6 is 11.3 Å². The molecule has 6 heteroatoms. The average Bonchev–Trinajstić information content (AvgIpc) is 3.30. The smallest absolute Gasteiger partial charge is 0.193 e. The molecule has 1 aliphatic rings. The molecule has 0 aromatic carbocycles. The largest absolute Gasteiger partial charge is 0.357 e. The van der Waals surface area contributed by atoms with Gasteiger partial charge in [-0.15, -0.1) is 11.3 Å². The molecule has 0 saturated carbocycles. The highest BCUT2D eigenvalue weighted by Gasteiger charge is 2.27. The molecule has 1 saturated heterocycles. The second-order valence-corrected chi connectivity index (χ2v) is 7.47. The van der Waals surface area contributed by atoms with Gasteiger partial charge >= 0.3 is 0 Å². The third-order valence-corrected chi connectivity index (χ3v) is 5.67. The van der Waals surface area contributed by atoms with E-state index in [1.807, 2.05) is 29.3 Å². The maximum Gasteiger partial charge on any atom is 0.193 e. The number of guanidine groups is 1. The van der Waals surface area contributed by atoms with E-state index in [1.165, 1.54) is 10.4 Å². The summed E-state index contributed by atoms with van der Waals surface area (Å²) in [5, 5.41) is 9.91. The van der Waals surface area contributed by atoms with E-state index in [1.54, 1.807) is 0 Å². The van der Waals surface area contributed by atoms with Crippen molar-refractivity contribution >= 4 is 17.3 Å². The minimum Gasteiger partial charge on any atom is -0.357 e. The maximum atomic E-state index is 4.90. The van der Waals surface area contributed by atoms with Gasteiger partial charge in [0.1, 0.15) is 0 Å². The number of nitrogens with one attached hydrogen (secondary N) is 1. The highest BCUT2D eigenvalue weighted by molar-refractivity contribution is 7.10. The van der Waals surface area contributed by atoms with E-state index in [-0.39, 0.29) is 0 Å². The molecule has 0 radical (unpaired) electrons. The molecule has 2 aromatic rings. The van der Waals surface area contributed by atoms with Gasteiger partial charge in [-0.1, -0.05) is 13.0 Å². The van der Waals surface area contributed by atoms with Crippen LogP contribution in [0, 0.1) is 0 Å². The molecule has 3 heterocycles. The Hall–Kier alpha value is -1.82. The third kappa shape index (κ3) is 3.98. The Balaban J connectivity index is 1.64. The monoisotopic (exact) mass is 345 g/mol. The van der Waals surface area contributed by atoms with Crippen LogP contribution < -0.4 is 5.32 Å². The van der Waals surface area contributed by atoms with Crippen LogP contribution in [0.2, 0.25) is 0 Å². The molecule has 1 N–H and O–H groups in total. The Labute approximate surface area is 148 Å². The van der Waals surface area contributed by atoms with Crippen LogP contribution in [0.4, 0.5) is 0 Å². The molecule has 5 nitrogen and oxygen atoms in total. The number of aryl methyl sites for hydroxylation is 1. The molecule has 3 rings (SSSR count). The molecule has 0 bridgehead atoms. The summed E-state index contributed by atoms with van der Waals surface area (Å²) in [5.74, 6) is 2.07. The van der Waals surface area contributed by atoms with Gasteiger partial charge in [0.2, 0.25) is 0 Å². The molecule has 130 valence electrons. The fourth-order valence-electron chi connectivity index (χ4n) is 3.19. The SMILES string of the molecule is CCNC(=NCC(C)c1cccs1)N1CCC(c2cnn(C)c2)C1. The molecule has 24 heavy (non-hydrogen) atoms. The second-order valence-electron chi connectivity index (χ2n) is 6.49. The van der Waals surface area contributed by atoms with E-state index in [2.05, 4.69) is 52.9 Å². The highest BCUT2D eigenvalue weighted by Crippen LogP contribution is 2.27. The van der Waals surface area contributed by atoms with Crippen LogP contribution in [0.5, 0.6) is 0 Å². The molecule has 2 aromatic heterocycles. The van der Waals surface area contributed by atoms with Crippen molar-refractivity contribution in [1.82, 2.24) is 20.0 Å². The van der Waals surface area contributed by atoms with Gasteiger partial charge in [-0.2, -0.15) is 5.10 Å². The van der Waals surface area contributed by atoms with E-state index in [9.17, 15) is 0 Å². The Kier molecular flexibility index (Phi) is 5.56. The molecule has 0 spiro atoms. The van der Waals surface area contributed by atoms with Gasteiger partial charge in [0.25, 0.3) is 0 Å². The number of hydrogen-bond donors (Lipinski definition) is 1. The molecule has 1 aliphatic heterocycles. The van der Waals surface area contributed by atoms with Gasteiger partial charge in [0.15, 0.2) is 5.96 Å². The molecule has 0 aliphatic carbocycles. The van der Waals surface area contributed by atoms with E-state index in [0.717, 1.165) is 38.6 Å². The van der Waals surface area contributed by atoms with Crippen molar-refractivity contribution in [3.63, 3.8) is 0 Å². The van der Waals surface area contributed by atoms with Gasteiger partial charge in [-0.05, 0) is 30.4 Å². The Bertz CT molecular complexity index is 661. The van der Waals surface area contributed by atoms with Crippen LogP contribution in [-0.4, -0.2) is 46.8 Å². The van der Waals surface area contributed by atoms with Gasteiger partial charge in [-0.3, -0.25) is 9.67 Å². The summed E-state index contributed by atoms with van der Waals surface area (Å²) >= 11 is 1.82. The Morgan fingerprint density at radius 3 is 3.08 bits per heavy atom. The average molecular weight is 346 g/mol. The molecule has 2 atom stereocenters. The van der Waals surface area contributed by atoms with Crippen LogP contribution in [-0.2, 0) is 7.05 Å². The van der Waals surface area contributed by atoms with Crippen molar-refractivity contribution in [3.8, 4) is 0 Å². The molecule has 2 unspecified atom stereocenters. The topological polar surface area (TPSA) is 45.5 Å². The lowest BCUT2D eigenvalue weighted by molar-refractivity contribution is 0.485. The summed E-state index contributed by atoms with van der Waals surface area (Å²) in [5.41, 5.74) is 1.34. The predicted octanol–water partition coefficient (Wildman–Crippen LogP) is 3.04. The van der Waals surface area contributed by atoms with Gasteiger partial charge < -0.3 is 10.2 Å². The maximum absolute atomic E-state index is 4.90. The first kappa shape index (κ1) is 17.0. The van der Waals surface area contributed by atoms with E-state index < -0.39 is 0 Å². The molecular formula is C18H27N5S. The van der Waals surface area contributed by atoms with E-state index >= 15 is 0 Å². The quantitative estimate of drug-likeness (QED) is 0.669. The second kappa shape index (κ2) is 7.83. The summed E-state index contributed by atoms with van der Waals surface area (Å²) in [4.78, 5) is 8.70. The zero-order chi connectivity index (χ0) is 16.9. The number of aromatic nitrogens is 2. The lowest BCUT2D eigenvalue weighted by atomic mass is 10.0. The zero-order valence-electron chi connectivity index (χ0n) is 14.8. The number of thiophene rings is 1. The first-order chi connectivity index (χ1) is 11.7. The normalized spacial score (nSPS) is 19.7. The fourth-order valence-corrected chi connectivity index (χ4v) is 3.96. The lowest BCUT2D eigenvalue weighted by Gasteiger charge is -2.22. The number of rotatable bonds is 5. The minimum atomic E-state index is 0.468. The van der Waals surface area contributed by atoms with Crippen molar-refractivity contribution in [2.24, 2.45) is 12.0 Å². The standard InChI is InChI=1S/C18H27N5S/c1-4-19-18(20-10-14(2)17-6-5-9-24-17)23-8-7-15(13-23)16-11-21-22(3)12-16/h5-6,9,11-12,14-15H,4,7-8,10,13H2,1-3H3,(H,19,20). The van der Waals surface area contributed by atoms with Crippen LogP contribution in [0.15, 0.2) is 34.9 Å². The van der Waals surface area contributed by atoms with Crippen molar-refractivity contribution in [1.29, 1.82) is 0 Å². The minimum absolute atomic E-state index is 0.468. The van der Waals surface area contributed by atoms with Gasteiger partial charge in [0.05, 0.1) is 12.7 Å². The summed E-state index contributed by atoms with van der Waals surface area (Å²) < 4.78 is 1.89. The third-order valence-electron chi connectivity index (χ3n) is 4.56. The number of hydrogen-bond acceptors (Lipinski definition) is 3. The van der Waals surface area contributed by atoms with E-state index in [4.69, 9.17) is 4.99 Å². The van der Waals surface area contributed by atoms with Crippen LogP contribution in [0.1, 0.15) is 42.5 Å². The summed E-state index contributed by atoms with van der Waals surface area (Å²) in [6, 6.07) is 4.32. The number of likely N-dealkylation sites (tertiary alicyclic amines) is 1.